The first-order chi connectivity index (χ1) is 42.2. The first-order valence-corrected chi connectivity index (χ1v) is 37.2. The number of aryl methyl sites for hydroxylation is 3. The topological polar surface area (TPSA) is 121 Å². The van der Waals surface area contributed by atoms with E-state index in [4.69, 9.17) is 16.7 Å². The molecule has 11 heteroatoms. The summed E-state index contributed by atoms with van der Waals surface area (Å²) in [6.07, 6.45) is 17.2. The van der Waals surface area contributed by atoms with E-state index in [1.165, 1.54) is 32.6 Å². The Labute approximate surface area is 544 Å². The third kappa shape index (κ3) is 17.4. The van der Waals surface area contributed by atoms with Crippen LogP contribution < -0.4 is 15.9 Å². The molecule has 1 radical (unpaired) electrons. The number of hydrogen-bond donors (Lipinski definition) is 6. The van der Waals surface area contributed by atoms with Crippen LogP contribution in [0.2, 0.25) is 0 Å². The molecule has 0 heterocycles. The maximum Gasteiger partial charge on any atom is 0.123 e. The van der Waals surface area contributed by atoms with Crippen LogP contribution >= 0.6 is 33.8 Å². The molecule has 6 nitrogen and oxygen atoms in total. The van der Waals surface area contributed by atoms with E-state index < -0.39 is 17.8 Å². The van der Waals surface area contributed by atoms with Gasteiger partial charge in [-0.15, -0.1) is 0 Å². The van der Waals surface area contributed by atoms with E-state index in [0.29, 0.717) is 16.7 Å². The first-order valence-electron chi connectivity index (χ1n) is 32.9. The Kier molecular flexibility index (Phi) is 25.4. The van der Waals surface area contributed by atoms with Gasteiger partial charge in [0.1, 0.15) is 34.5 Å². The molecule has 9 rings (SSSR count). The van der Waals surface area contributed by atoms with Crippen molar-refractivity contribution in [3.8, 4) is 34.5 Å². The molecule has 0 bridgehead atoms. The minimum atomic E-state index is -2.69. The van der Waals surface area contributed by atoms with Crippen LogP contribution in [0, 0.1) is 29.5 Å². The van der Waals surface area contributed by atoms with E-state index in [0.717, 1.165) is 99.3 Å². The fraction of sp³-hybridized carbons (Fsp3) is 0.413. The van der Waals surface area contributed by atoms with Gasteiger partial charge in [0.05, 0.1) is 0 Å². The van der Waals surface area contributed by atoms with Gasteiger partial charge in [-0.3, -0.25) is 0 Å². The maximum absolute atomic E-state index is 10.5. The Morgan fingerprint density at radius 3 is 1.09 bits per heavy atom. The van der Waals surface area contributed by atoms with E-state index in [1.807, 2.05) is 20.8 Å². The fourth-order valence-corrected chi connectivity index (χ4v) is 22.9. The number of phenols is 6. The molecule has 0 spiro atoms. The number of halogens is 1. The molecule has 0 saturated heterocycles. The number of rotatable bonds is 16. The van der Waals surface area contributed by atoms with Gasteiger partial charge in [-0.1, -0.05) is 115 Å². The Hall–Kier alpha value is -4.72. The number of benzene rings is 6. The third-order valence-electron chi connectivity index (χ3n) is 17.4. The van der Waals surface area contributed by atoms with Gasteiger partial charge in [0.25, 0.3) is 0 Å². The molecule has 6 aromatic carbocycles. The summed E-state index contributed by atoms with van der Waals surface area (Å²) < 4.78 is 32.4. The van der Waals surface area contributed by atoms with Gasteiger partial charge in [-0.05, 0) is 168 Å². The molecular weight excluding hydrogens is 1230 g/mol. The van der Waals surface area contributed by atoms with Crippen LogP contribution in [0.1, 0.15) is 191 Å². The summed E-state index contributed by atoms with van der Waals surface area (Å²) in [5.74, 6) is -3.95. The summed E-state index contributed by atoms with van der Waals surface area (Å²) in [7, 11) is 3.47. The average Bonchev–Trinajstić information content (AvgIpc) is 0.732. The molecular formula is C75H100ClO6P3Rh. The van der Waals surface area contributed by atoms with Crippen molar-refractivity contribution < 1.29 is 55.6 Å². The Balaban J connectivity index is 0.000000217. The van der Waals surface area contributed by atoms with E-state index in [2.05, 4.69) is 152 Å². The second-order valence-electron chi connectivity index (χ2n) is 24.3. The van der Waals surface area contributed by atoms with Gasteiger partial charge >= 0.3 is 141 Å². The Morgan fingerprint density at radius 2 is 0.826 bits per heavy atom. The largest absolute Gasteiger partial charge is 0.507 e. The van der Waals surface area contributed by atoms with Crippen LogP contribution in [0.15, 0.2) is 174 Å². The molecule has 6 N–H and O–H groups in total. The van der Waals surface area contributed by atoms with Crippen molar-refractivity contribution in [2.45, 2.75) is 171 Å². The second kappa shape index (κ2) is 33.2. The van der Waals surface area contributed by atoms with Crippen LogP contribution in [-0.2, 0) is 38.7 Å². The molecule has 0 fully saturated rings. The van der Waals surface area contributed by atoms with Gasteiger partial charge in [0, 0.05) is 59.4 Å². The molecule has 0 aliphatic heterocycles. The minimum absolute atomic E-state index is 0. The van der Waals surface area contributed by atoms with Crippen LogP contribution in [0.25, 0.3) is 0 Å². The molecule has 0 amide bonds. The Morgan fingerprint density at radius 1 is 0.547 bits per heavy atom. The molecule has 6 unspecified atom stereocenters. The molecule has 467 valence electrons. The Bertz CT molecular complexity index is 3140. The zero-order valence-electron chi connectivity index (χ0n) is 56.3. The molecule has 3 aliphatic carbocycles. The predicted molar refractivity (Wildman–Crippen MR) is 372 cm³/mol. The normalized spacial score (nSPS) is 21.8. The van der Waals surface area contributed by atoms with Crippen LogP contribution in [0.5, 0.6) is 34.5 Å². The monoisotopic (exact) mass is 1340 g/mol. The second-order valence-corrected chi connectivity index (χ2v) is 37.8. The van der Waals surface area contributed by atoms with Gasteiger partial charge in [-0.2, -0.15) is 0 Å². The smallest absolute Gasteiger partial charge is 0.123 e. The van der Waals surface area contributed by atoms with Crippen LogP contribution in [0.3, 0.4) is 0 Å². The van der Waals surface area contributed by atoms with E-state index >= 15 is 0 Å². The molecule has 86 heavy (non-hydrogen) atoms. The van der Waals surface area contributed by atoms with Crippen LogP contribution in [0.4, 0.5) is 0 Å². The van der Waals surface area contributed by atoms with Gasteiger partial charge in [-0.25, -0.2) is 0 Å². The SMILES string of the molecule is C=C(C)[C@@H]1CCC(C)=CC1c1c(O)cc(CCC)cc1O.PP(PCl)(c1ccccc1)(c1ccccc1)c1ccccc1.[3H]CC([3H])(C)[C@@H]1CCC(C)=CC1c1c(O)cc(CCC)cc1O.[3H]CC([3H])(C)[C@@H]1CCC(C)=C[C@H]1c1c(O)cc(CCC)cc1O.[Rh]. The summed E-state index contributed by atoms with van der Waals surface area (Å²) in [4.78, 5) is 0. The van der Waals surface area contributed by atoms with E-state index in [-0.39, 0.29) is 111 Å². The van der Waals surface area contributed by atoms with E-state index in [1.54, 1.807) is 50.2 Å². The summed E-state index contributed by atoms with van der Waals surface area (Å²) in [6.45, 7) is 22.1. The summed E-state index contributed by atoms with van der Waals surface area (Å²) >= 11 is 6.73. The minimum Gasteiger partial charge on any atom is -0.507 e. The average molecular weight is 1340 g/mol. The summed E-state index contributed by atoms with van der Waals surface area (Å²) in [5.41, 5.74) is 9.37. The standard InChI is InChI=1S/2C19H28O2.C19H26O2.C18H18ClP3.Rh/c3*1-5-6-14-10-17(20)19(18(21)11-14)16-9-13(4)7-8-15(16)12(2)3;19-21-22(20,16-10-4-1-5-11-16,17-12-6-2-7-13-17)18-14-8-3-9-15-18;/h2*9-12,15-16,20-21H,5-8H2,1-4H3;9-11,15-16,20-21H,2,5-8H2,1,3-4H3;1-15,21H,20H2;/t15-,16?;15-,16+;15-,16?;;/m000../s1/i2*2T,12T;;;/t12?,15-,16?;12?,15-,16+;m;;. The van der Waals surface area contributed by atoms with Gasteiger partial charge in [0.2, 0.25) is 0 Å². The maximum atomic E-state index is 10.5. The van der Waals surface area contributed by atoms with Crippen molar-refractivity contribution in [1.82, 2.24) is 0 Å². The summed E-state index contributed by atoms with van der Waals surface area (Å²) in [5, 5.41) is 66.7. The van der Waals surface area contributed by atoms with Crippen LogP contribution in [-0.4, -0.2) is 30.6 Å². The number of hydrogen-bond acceptors (Lipinski definition) is 6. The van der Waals surface area contributed by atoms with Crippen molar-refractivity contribution >= 4 is 49.7 Å². The molecule has 10 atom stereocenters. The quantitative estimate of drug-likeness (QED) is 0.0326. The molecule has 3 aliphatic rings. The van der Waals surface area contributed by atoms with Gasteiger partial charge < -0.3 is 30.6 Å². The fourth-order valence-electron chi connectivity index (χ4n) is 12.9. The summed E-state index contributed by atoms with van der Waals surface area (Å²) in [6, 6.07) is 42.6. The zero-order chi connectivity index (χ0) is 65.5. The van der Waals surface area contributed by atoms with E-state index in [9.17, 15) is 30.6 Å². The van der Waals surface area contributed by atoms with Crippen molar-refractivity contribution in [1.29, 1.82) is 0 Å². The number of aromatic hydroxyl groups is 6. The predicted octanol–water partition coefficient (Wildman–Crippen LogP) is 20.4. The molecule has 6 aromatic rings. The van der Waals surface area contributed by atoms with Gasteiger partial charge in [0.15, 0.2) is 0 Å². The number of phenolic OH excluding ortho intramolecular Hbond substituents is 6. The van der Waals surface area contributed by atoms with Crippen molar-refractivity contribution in [3.63, 3.8) is 0 Å². The van der Waals surface area contributed by atoms with Crippen molar-refractivity contribution in [2.24, 2.45) is 29.5 Å². The van der Waals surface area contributed by atoms with Crippen molar-refractivity contribution in [3.05, 3.63) is 208 Å². The molecule has 0 saturated carbocycles. The third-order valence-corrected chi connectivity index (χ3v) is 33.7. The first kappa shape index (κ1) is 65.7. The zero-order valence-corrected chi connectivity index (χ0v) is 57.8. The van der Waals surface area contributed by atoms with Crippen molar-refractivity contribution in [2.75, 3.05) is 0 Å². The molecule has 0 aromatic heterocycles. The number of allylic oxidation sites excluding steroid dienone is 7.